The Balaban J connectivity index is 1.52. The highest BCUT2D eigenvalue weighted by Crippen LogP contribution is 2.24. The molecule has 0 saturated heterocycles. The Bertz CT molecular complexity index is 979. The zero-order valence-electron chi connectivity index (χ0n) is 16.8. The topological polar surface area (TPSA) is 64.7 Å². The fourth-order valence-electron chi connectivity index (χ4n) is 2.80. The second-order valence-electron chi connectivity index (χ2n) is 6.79. The molecule has 0 bridgehead atoms. The molecule has 1 N–H and O–H groups in total. The number of aliphatic hydroxyl groups is 1. The van der Waals surface area contributed by atoms with E-state index < -0.39 is 12.5 Å². The summed E-state index contributed by atoms with van der Waals surface area (Å²) in [6.07, 6.45) is 1.16. The van der Waals surface area contributed by atoms with E-state index in [1.807, 2.05) is 19.1 Å². The van der Waals surface area contributed by atoms with Gasteiger partial charge in [-0.2, -0.15) is 0 Å². The molecular formula is C23H22F3NO4. The molecule has 1 atom stereocenters. The minimum Gasteiger partial charge on any atom is -0.487 e. The number of halogens is 3. The zero-order chi connectivity index (χ0) is 22.3. The maximum Gasteiger partial charge on any atom is 0.573 e. The van der Waals surface area contributed by atoms with Gasteiger partial charge in [-0.1, -0.05) is 37.6 Å². The Morgan fingerprint density at radius 3 is 2.35 bits per heavy atom. The molecule has 5 nitrogen and oxygen atoms in total. The van der Waals surface area contributed by atoms with Crippen LogP contribution in [-0.4, -0.2) is 16.5 Å². The van der Waals surface area contributed by atoms with Gasteiger partial charge in [0.15, 0.2) is 0 Å². The van der Waals surface area contributed by atoms with E-state index in [1.54, 1.807) is 24.3 Å². The van der Waals surface area contributed by atoms with Crippen molar-refractivity contribution in [1.82, 2.24) is 4.98 Å². The van der Waals surface area contributed by atoms with Crippen LogP contribution in [0.15, 0.2) is 59.2 Å². The Hall–Kier alpha value is -3.26. The first-order valence-corrected chi connectivity index (χ1v) is 9.71. The van der Waals surface area contributed by atoms with Crippen molar-refractivity contribution in [3.05, 3.63) is 77.5 Å². The maximum atomic E-state index is 12.2. The number of hydrogen-bond donors (Lipinski definition) is 1. The van der Waals surface area contributed by atoms with E-state index in [9.17, 15) is 18.3 Å². The minimum absolute atomic E-state index is 0.206. The monoisotopic (exact) mass is 433 g/mol. The molecule has 0 aliphatic heterocycles. The summed E-state index contributed by atoms with van der Waals surface area (Å²) in [5.41, 5.74) is 2.10. The molecule has 3 aromatic rings. The number of nitrogens with zero attached hydrogens (tertiary/aromatic N) is 1. The number of benzene rings is 2. The molecule has 31 heavy (non-hydrogen) atoms. The van der Waals surface area contributed by atoms with E-state index in [4.69, 9.17) is 9.15 Å². The van der Waals surface area contributed by atoms with Crippen LogP contribution < -0.4 is 9.47 Å². The third-order valence-electron chi connectivity index (χ3n) is 4.32. The maximum absolute atomic E-state index is 12.2. The fourth-order valence-corrected chi connectivity index (χ4v) is 2.80. The van der Waals surface area contributed by atoms with Crippen LogP contribution in [-0.2, 0) is 6.61 Å². The van der Waals surface area contributed by atoms with Gasteiger partial charge in [0.1, 0.15) is 30.1 Å². The summed E-state index contributed by atoms with van der Waals surface area (Å²) >= 11 is 0. The van der Waals surface area contributed by atoms with E-state index in [-0.39, 0.29) is 12.4 Å². The van der Waals surface area contributed by atoms with Crippen LogP contribution in [0.1, 0.15) is 48.6 Å². The van der Waals surface area contributed by atoms with Crippen LogP contribution in [0.5, 0.6) is 11.5 Å². The van der Waals surface area contributed by atoms with Gasteiger partial charge < -0.3 is 19.0 Å². The second kappa shape index (κ2) is 10.2. The van der Waals surface area contributed by atoms with Crippen molar-refractivity contribution in [2.45, 2.75) is 38.8 Å². The Labute approximate surface area is 177 Å². The van der Waals surface area contributed by atoms with E-state index >= 15 is 0 Å². The molecular weight excluding hydrogens is 411 g/mol. The van der Waals surface area contributed by atoms with Gasteiger partial charge in [0.2, 0.25) is 5.89 Å². The molecule has 0 saturated carbocycles. The van der Waals surface area contributed by atoms with Crippen LogP contribution in [0.3, 0.4) is 0 Å². The highest BCUT2D eigenvalue weighted by molar-refractivity contribution is 5.66. The fraction of sp³-hybridized carbons (Fsp3) is 0.261. The lowest BCUT2D eigenvalue weighted by atomic mass is 10.1. The number of oxazole rings is 1. The van der Waals surface area contributed by atoms with E-state index in [0.29, 0.717) is 29.3 Å². The summed E-state index contributed by atoms with van der Waals surface area (Å²) in [7, 11) is 0. The third-order valence-corrected chi connectivity index (χ3v) is 4.32. The lowest BCUT2D eigenvalue weighted by molar-refractivity contribution is -0.274. The summed E-state index contributed by atoms with van der Waals surface area (Å²) in [4.78, 5) is 4.28. The van der Waals surface area contributed by atoms with Gasteiger partial charge in [-0.3, -0.25) is 0 Å². The Morgan fingerprint density at radius 2 is 1.71 bits per heavy atom. The molecule has 0 aliphatic carbocycles. The molecule has 8 heteroatoms. The van der Waals surface area contributed by atoms with E-state index in [1.165, 1.54) is 30.5 Å². The predicted molar refractivity (Wildman–Crippen MR) is 109 cm³/mol. The first-order chi connectivity index (χ1) is 14.8. The van der Waals surface area contributed by atoms with Gasteiger partial charge in [-0.15, -0.1) is 13.2 Å². The quantitative estimate of drug-likeness (QED) is 0.438. The molecule has 1 heterocycles. The third kappa shape index (κ3) is 7.18. The van der Waals surface area contributed by atoms with Crippen LogP contribution in [0, 0.1) is 0 Å². The molecule has 164 valence electrons. The van der Waals surface area contributed by atoms with Crippen molar-refractivity contribution >= 4 is 12.2 Å². The van der Waals surface area contributed by atoms with Gasteiger partial charge >= 0.3 is 6.36 Å². The van der Waals surface area contributed by atoms with Crippen molar-refractivity contribution in [2.24, 2.45) is 0 Å². The summed E-state index contributed by atoms with van der Waals surface area (Å²) in [6.45, 7) is 2.23. The van der Waals surface area contributed by atoms with Crippen molar-refractivity contribution in [3.63, 3.8) is 0 Å². The van der Waals surface area contributed by atoms with Gasteiger partial charge in [-0.25, -0.2) is 4.98 Å². The number of aliphatic hydroxyl groups excluding tert-OH is 1. The van der Waals surface area contributed by atoms with Crippen LogP contribution in [0.25, 0.3) is 12.2 Å². The lowest BCUT2D eigenvalue weighted by Gasteiger charge is -2.10. The minimum atomic E-state index is -4.72. The number of alkyl halides is 3. The summed E-state index contributed by atoms with van der Waals surface area (Å²) in [6, 6.07) is 12.7. The SMILES string of the molecule is CCCC(O)c1ccc(OCc2coc(C=Cc3ccc(OC(F)(F)F)cc3)n2)cc1. The van der Waals surface area contributed by atoms with Crippen molar-refractivity contribution in [2.75, 3.05) is 0 Å². The zero-order valence-corrected chi connectivity index (χ0v) is 16.8. The molecule has 3 rings (SSSR count). The van der Waals surface area contributed by atoms with Crippen molar-refractivity contribution in [1.29, 1.82) is 0 Å². The molecule has 2 aromatic carbocycles. The molecule has 0 radical (unpaired) electrons. The molecule has 0 spiro atoms. The van der Waals surface area contributed by atoms with Crippen LogP contribution >= 0.6 is 0 Å². The largest absolute Gasteiger partial charge is 0.573 e. The van der Waals surface area contributed by atoms with Crippen LogP contribution in [0.4, 0.5) is 13.2 Å². The Kier molecular flexibility index (Phi) is 7.36. The highest BCUT2D eigenvalue weighted by atomic mass is 19.4. The standard InChI is InChI=1S/C23H22F3NO4/c1-2-3-21(28)17-7-11-19(12-8-17)29-14-18-15-30-22(27-18)13-6-16-4-9-20(10-5-16)31-23(24,25)26/h4-13,15,21,28H,2-3,14H2,1H3. The average molecular weight is 433 g/mol. The average Bonchev–Trinajstić information content (AvgIpc) is 3.19. The summed E-state index contributed by atoms with van der Waals surface area (Å²) in [5, 5.41) is 9.99. The lowest BCUT2D eigenvalue weighted by Crippen LogP contribution is -2.16. The Morgan fingerprint density at radius 1 is 1.03 bits per heavy atom. The normalized spacial score (nSPS) is 12.8. The van der Waals surface area contributed by atoms with Gasteiger partial charge in [-0.05, 0) is 47.9 Å². The van der Waals surface area contributed by atoms with Crippen molar-refractivity contribution in [3.8, 4) is 11.5 Å². The highest BCUT2D eigenvalue weighted by Gasteiger charge is 2.30. The first-order valence-electron chi connectivity index (χ1n) is 9.71. The molecule has 0 amide bonds. The van der Waals surface area contributed by atoms with Crippen molar-refractivity contribution < 1.29 is 32.2 Å². The number of hydrogen-bond acceptors (Lipinski definition) is 5. The predicted octanol–water partition coefficient (Wildman–Crippen LogP) is 6.16. The van der Waals surface area contributed by atoms with E-state index in [2.05, 4.69) is 9.72 Å². The summed E-state index contributed by atoms with van der Waals surface area (Å²) < 4.78 is 51.4. The first kappa shape index (κ1) is 22.4. The molecule has 0 aliphatic rings. The number of rotatable bonds is 9. The summed E-state index contributed by atoms with van der Waals surface area (Å²) in [5.74, 6) is 0.703. The van der Waals surface area contributed by atoms with Gasteiger partial charge in [0.05, 0.1) is 6.10 Å². The molecule has 1 aromatic heterocycles. The molecule has 0 fully saturated rings. The van der Waals surface area contributed by atoms with Crippen LogP contribution in [0.2, 0.25) is 0 Å². The van der Waals surface area contributed by atoms with E-state index in [0.717, 1.165) is 12.0 Å². The second-order valence-corrected chi connectivity index (χ2v) is 6.79. The number of aromatic nitrogens is 1. The molecule has 1 unspecified atom stereocenters. The smallest absolute Gasteiger partial charge is 0.487 e. The number of ether oxygens (including phenoxy) is 2. The van der Waals surface area contributed by atoms with Gasteiger partial charge in [0, 0.05) is 6.08 Å². The van der Waals surface area contributed by atoms with Gasteiger partial charge in [0.25, 0.3) is 0 Å².